The second-order valence-electron chi connectivity index (χ2n) is 3.70. The van der Waals surface area contributed by atoms with Gasteiger partial charge in [0.25, 0.3) is 0 Å². The lowest BCUT2D eigenvalue weighted by molar-refractivity contribution is -0.433. The number of carbonyl (C=O) groups is 1. The number of unbranched alkanes of at least 4 members (excludes halogenated alkanes) is 3. The summed E-state index contributed by atoms with van der Waals surface area (Å²) >= 11 is 0. The fraction of sp³-hybridized carbons (Fsp3) is 0.900. The second kappa shape index (κ2) is 6.88. The van der Waals surface area contributed by atoms with Gasteiger partial charge in [0.05, 0.1) is 0 Å². The Morgan fingerprint density at radius 3 is 2.12 bits per heavy atom. The monoisotopic (exact) mass is 262 g/mol. The molecule has 0 aromatic rings. The standard InChI is InChI=1S/C10H15F5O2/c1-2-3-4-5-6-8(7-16)9(11,12)17-10(13,14)15/h7-8H,2-6H2,1H3/t8-/m0/s1. The minimum Gasteiger partial charge on any atom is -0.303 e. The minimum atomic E-state index is -5.45. The third-order valence-corrected chi connectivity index (χ3v) is 2.22. The maximum atomic E-state index is 12.9. The molecule has 0 heterocycles. The molecule has 0 N–H and O–H groups in total. The van der Waals surface area contributed by atoms with Crippen LogP contribution in [-0.2, 0) is 9.53 Å². The van der Waals surface area contributed by atoms with Gasteiger partial charge >= 0.3 is 12.5 Å². The molecule has 1 atom stereocenters. The van der Waals surface area contributed by atoms with Crippen molar-refractivity contribution < 1.29 is 31.5 Å². The summed E-state index contributed by atoms with van der Waals surface area (Å²) in [7, 11) is 0. The van der Waals surface area contributed by atoms with Crippen LogP contribution in [0.25, 0.3) is 0 Å². The Balaban J connectivity index is 4.27. The Morgan fingerprint density at radius 1 is 1.12 bits per heavy atom. The van der Waals surface area contributed by atoms with Crippen molar-refractivity contribution in [3.63, 3.8) is 0 Å². The van der Waals surface area contributed by atoms with Gasteiger partial charge in [0.15, 0.2) is 0 Å². The van der Waals surface area contributed by atoms with Crippen LogP contribution in [0.2, 0.25) is 0 Å². The normalized spacial score (nSPS) is 14.7. The first-order chi connectivity index (χ1) is 7.73. The third kappa shape index (κ3) is 7.25. The van der Waals surface area contributed by atoms with E-state index < -0.39 is 18.4 Å². The van der Waals surface area contributed by atoms with Crippen LogP contribution in [0.4, 0.5) is 22.0 Å². The van der Waals surface area contributed by atoms with Gasteiger partial charge in [-0.25, -0.2) is 4.74 Å². The summed E-state index contributed by atoms with van der Waals surface area (Å²) in [5.41, 5.74) is 0. The lowest BCUT2D eigenvalue weighted by atomic mass is 10.0. The highest BCUT2D eigenvalue weighted by Gasteiger charge is 2.50. The zero-order valence-electron chi connectivity index (χ0n) is 9.40. The fourth-order valence-corrected chi connectivity index (χ4v) is 1.34. The fourth-order valence-electron chi connectivity index (χ4n) is 1.34. The van der Waals surface area contributed by atoms with E-state index >= 15 is 0 Å². The van der Waals surface area contributed by atoms with Crippen LogP contribution in [0.5, 0.6) is 0 Å². The van der Waals surface area contributed by atoms with E-state index in [9.17, 15) is 26.7 Å². The van der Waals surface area contributed by atoms with Crippen molar-refractivity contribution in [1.29, 1.82) is 0 Å². The molecule has 0 aliphatic carbocycles. The Bertz CT molecular complexity index is 227. The number of hydrogen-bond donors (Lipinski definition) is 0. The first-order valence-corrected chi connectivity index (χ1v) is 5.33. The number of aldehydes is 1. The molecule has 0 unspecified atom stereocenters. The topological polar surface area (TPSA) is 26.3 Å². The summed E-state index contributed by atoms with van der Waals surface area (Å²) in [6, 6.07) is 0. The van der Waals surface area contributed by atoms with Gasteiger partial charge in [-0.05, 0) is 6.42 Å². The molecule has 2 nitrogen and oxygen atoms in total. The molecular formula is C10H15F5O2. The van der Waals surface area contributed by atoms with Crippen molar-refractivity contribution in [1.82, 2.24) is 0 Å². The molecule has 0 saturated heterocycles. The van der Waals surface area contributed by atoms with E-state index in [-0.39, 0.29) is 19.1 Å². The van der Waals surface area contributed by atoms with Crippen molar-refractivity contribution in [2.24, 2.45) is 5.92 Å². The lowest BCUT2D eigenvalue weighted by Crippen LogP contribution is -2.38. The smallest absolute Gasteiger partial charge is 0.303 e. The number of hydrogen-bond acceptors (Lipinski definition) is 2. The zero-order chi connectivity index (χ0) is 13.5. The highest BCUT2D eigenvalue weighted by molar-refractivity contribution is 5.54. The molecule has 0 fully saturated rings. The second-order valence-corrected chi connectivity index (χ2v) is 3.70. The van der Waals surface area contributed by atoms with Crippen LogP contribution in [0, 0.1) is 5.92 Å². The van der Waals surface area contributed by atoms with Crippen molar-refractivity contribution in [3.05, 3.63) is 0 Å². The molecular weight excluding hydrogens is 247 g/mol. The van der Waals surface area contributed by atoms with Crippen LogP contribution >= 0.6 is 0 Å². The van der Waals surface area contributed by atoms with Gasteiger partial charge in [0.2, 0.25) is 0 Å². The predicted octanol–water partition coefficient (Wildman–Crippen LogP) is 3.90. The van der Waals surface area contributed by atoms with Gasteiger partial charge in [-0.2, -0.15) is 8.78 Å². The van der Waals surface area contributed by atoms with Gasteiger partial charge < -0.3 is 4.79 Å². The average Bonchev–Trinajstić information content (AvgIpc) is 2.13. The Hall–Kier alpha value is -0.720. The number of rotatable bonds is 8. The van der Waals surface area contributed by atoms with Crippen LogP contribution in [0.15, 0.2) is 0 Å². The molecule has 7 heteroatoms. The summed E-state index contributed by atoms with van der Waals surface area (Å²) in [6.07, 6.45) is -7.92. The van der Waals surface area contributed by atoms with E-state index in [4.69, 9.17) is 0 Å². The predicted molar refractivity (Wildman–Crippen MR) is 50.4 cm³/mol. The van der Waals surface area contributed by atoms with Gasteiger partial charge in [-0.3, -0.25) is 0 Å². The molecule has 0 saturated carbocycles. The number of carbonyl (C=O) groups excluding carboxylic acids is 1. The zero-order valence-corrected chi connectivity index (χ0v) is 9.40. The van der Waals surface area contributed by atoms with Crippen LogP contribution < -0.4 is 0 Å². The molecule has 0 rings (SSSR count). The molecule has 0 amide bonds. The summed E-state index contributed by atoms with van der Waals surface area (Å²) < 4.78 is 63.5. The Kier molecular flexibility index (Phi) is 6.59. The van der Waals surface area contributed by atoms with E-state index in [1.807, 2.05) is 6.92 Å². The molecule has 0 aromatic heterocycles. The Labute approximate surface area is 96.1 Å². The van der Waals surface area contributed by atoms with Crippen molar-refractivity contribution in [2.45, 2.75) is 51.5 Å². The van der Waals surface area contributed by atoms with E-state index in [0.717, 1.165) is 12.8 Å². The minimum absolute atomic E-state index is 0.183. The summed E-state index contributed by atoms with van der Waals surface area (Å²) in [5, 5.41) is 0. The molecule has 0 aliphatic heterocycles. The number of ether oxygens (including phenoxy) is 1. The van der Waals surface area contributed by atoms with Crippen LogP contribution in [-0.4, -0.2) is 18.8 Å². The van der Waals surface area contributed by atoms with Crippen LogP contribution in [0.1, 0.15) is 39.0 Å². The summed E-state index contributed by atoms with van der Waals surface area (Å²) in [4.78, 5) is 10.4. The SMILES string of the molecule is CCCCCC[C@@H](C=O)C(F)(F)OC(F)(F)F. The van der Waals surface area contributed by atoms with E-state index in [0.29, 0.717) is 6.42 Å². The van der Waals surface area contributed by atoms with E-state index in [2.05, 4.69) is 4.74 Å². The van der Waals surface area contributed by atoms with Gasteiger partial charge in [-0.15, -0.1) is 13.2 Å². The van der Waals surface area contributed by atoms with E-state index in [1.54, 1.807) is 0 Å². The summed E-state index contributed by atoms with van der Waals surface area (Å²) in [5.74, 6) is -2.05. The van der Waals surface area contributed by atoms with Crippen molar-refractivity contribution in [3.8, 4) is 0 Å². The van der Waals surface area contributed by atoms with E-state index in [1.165, 1.54) is 0 Å². The highest BCUT2D eigenvalue weighted by Crippen LogP contribution is 2.35. The Morgan fingerprint density at radius 2 is 1.71 bits per heavy atom. The quantitative estimate of drug-likeness (QED) is 0.376. The maximum absolute atomic E-state index is 12.9. The molecule has 17 heavy (non-hydrogen) atoms. The first-order valence-electron chi connectivity index (χ1n) is 5.33. The number of halogens is 5. The van der Waals surface area contributed by atoms with Gasteiger partial charge in [0.1, 0.15) is 12.2 Å². The summed E-state index contributed by atoms with van der Waals surface area (Å²) in [6.45, 7) is 1.90. The molecule has 0 bridgehead atoms. The molecule has 0 radical (unpaired) electrons. The van der Waals surface area contributed by atoms with Crippen molar-refractivity contribution >= 4 is 6.29 Å². The molecule has 0 spiro atoms. The lowest BCUT2D eigenvalue weighted by Gasteiger charge is -2.23. The maximum Gasteiger partial charge on any atom is 0.527 e. The van der Waals surface area contributed by atoms with Crippen molar-refractivity contribution in [2.75, 3.05) is 0 Å². The highest BCUT2D eigenvalue weighted by atomic mass is 19.4. The molecule has 0 aliphatic rings. The average molecular weight is 262 g/mol. The van der Waals surface area contributed by atoms with Gasteiger partial charge in [0, 0.05) is 0 Å². The third-order valence-electron chi connectivity index (χ3n) is 2.22. The first kappa shape index (κ1) is 16.3. The van der Waals surface area contributed by atoms with Gasteiger partial charge in [-0.1, -0.05) is 32.6 Å². The van der Waals surface area contributed by atoms with Crippen LogP contribution in [0.3, 0.4) is 0 Å². The number of alkyl halides is 5. The molecule has 102 valence electrons. The largest absolute Gasteiger partial charge is 0.527 e. The molecule has 0 aromatic carbocycles.